The van der Waals surface area contributed by atoms with Crippen molar-refractivity contribution in [3.63, 3.8) is 0 Å². The molecule has 0 aromatic heterocycles. The molecule has 0 aliphatic rings. The fourth-order valence-corrected chi connectivity index (χ4v) is 1.20. The molecule has 0 radical (unpaired) electrons. The lowest BCUT2D eigenvalue weighted by atomic mass is 10.1. The largest absolute Gasteiger partial charge is 0.573 e. The molecule has 0 fully saturated rings. The van der Waals surface area contributed by atoms with Crippen molar-refractivity contribution in [1.29, 1.82) is 0 Å². The fourth-order valence-electron chi connectivity index (χ4n) is 1.05. The van der Waals surface area contributed by atoms with E-state index < -0.39 is 34.9 Å². The number of carbonyl (C=O) groups excluding carboxylic acids is 1. The van der Waals surface area contributed by atoms with Crippen LogP contribution in [0, 0.1) is 0 Å². The second-order valence-electron chi connectivity index (χ2n) is 2.88. The summed E-state index contributed by atoms with van der Waals surface area (Å²) in [6.45, 7) is 0. The molecular formula is C9H4ClF5O2. The van der Waals surface area contributed by atoms with Gasteiger partial charge in [-0.25, -0.2) is 8.78 Å². The third-order valence-corrected chi connectivity index (χ3v) is 1.90. The summed E-state index contributed by atoms with van der Waals surface area (Å²) in [6, 6.07) is 1.89. The fraction of sp³-hybridized carbons (Fsp3) is 0.222. The molecule has 0 heterocycles. The molecule has 0 bridgehead atoms. The molecule has 1 rings (SSSR count). The summed E-state index contributed by atoms with van der Waals surface area (Å²) in [5, 5.41) is -1.31. The van der Waals surface area contributed by atoms with Crippen LogP contribution in [0.4, 0.5) is 22.0 Å². The summed E-state index contributed by atoms with van der Waals surface area (Å²) < 4.78 is 63.8. The number of rotatable bonds is 3. The Labute approximate surface area is 96.9 Å². The third kappa shape index (κ3) is 3.85. The molecule has 0 aliphatic carbocycles. The maximum Gasteiger partial charge on any atom is 0.573 e. The molecule has 0 saturated heterocycles. The van der Waals surface area contributed by atoms with Crippen LogP contribution >= 0.6 is 11.6 Å². The van der Waals surface area contributed by atoms with E-state index in [9.17, 15) is 26.7 Å². The average Bonchev–Trinajstić information content (AvgIpc) is 2.14. The summed E-state index contributed by atoms with van der Waals surface area (Å²) in [6.07, 6.45) is -7.96. The van der Waals surface area contributed by atoms with Gasteiger partial charge in [0, 0.05) is 5.56 Å². The Morgan fingerprint density at radius 3 is 2.29 bits per heavy atom. The molecule has 0 spiro atoms. The van der Waals surface area contributed by atoms with Crippen molar-refractivity contribution >= 4 is 16.8 Å². The quantitative estimate of drug-likeness (QED) is 0.617. The molecule has 2 nitrogen and oxygen atoms in total. The highest BCUT2D eigenvalue weighted by Crippen LogP contribution is 2.31. The van der Waals surface area contributed by atoms with Gasteiger partial charge in [0.15, 0.2) is 0 Å². The highest BCUT2D eigenvalue weighted by atomic mass is 35.5. The van der Waals surface area contributed by atoms with Crippen LogP contribution in [0.3, 0.4) is 0 Å². The van der Waals surface area contributed by atoms with Crippen LogP contribution in [-0.2, 0) is 0 Å². The second-order valence-corrected chi connectivity index (χ2v) is 3.22. The van der Waals surface area contributed by atoms with Gasteiger partial charge in [0.2, 0.25) is 0 Å². The van der Waals surface area contributed by atoms with Crippen LogP contribution in [0.1, 0.15) is 22.3 Å². The van der Waals surface area contributed by atoms with Crippen molar-refractivity contribution < 1.29 is 31.5 Å². The van der Waals surface area contributed by atoms with Crippen LogP contribution in [0.15, 0.2) is 18.2 Å². The standard InChI is InChI=1S/C9H4ClF5O2/c10-7(16)5-3-4(8(11)12)1-2-6(5)17-9(13,14)15/h1-3,8H. The Bertz CT molecular complexity index is 430. The first-order valence-corrected chi connectivity index (χ1v) is 4.46. The molecule has 0 saturated carbocycles. The summed E-state index contributed by atoms with van der Waals surface area (Å²) >= 11 is 4.98. The van der Waals surface area contributed by atoms with Gasteiger partial charge >= 0.3 is 6.36 Å². The molecular weight excluding hydrogens is 271 g/mol. The summed E-state index contributed by atoms with van der Waals surface area (Å²) in [7, 11) is 0. The molecule has 0 unspecified atom stereocenters. The van der Waals surface area contributed by atoms with Gasteiger partial charge in [-0.2, -0.15) is 0 Å². The van der Waals surface area contributed by atoms with Crippen LogP contribution in [0.25, 0.3) is 0 Å². The maximum atomic E-state index is 12.3. The SMILES string of the molecule is O=C(Cl)c1cc(C(F)F)ccc1OC(F)(F)F. The van der Waals surface area contributed by atoms with Gasteiger partial charge < -0.3 is 4.74 Å². The number of alkyl halides is 5. The lowest BCUT2D eigenvalue weighted by Gasteiger charge is -2.12. The van der Waals surface area contributed by atoms with Crippen molar-refractivity contribution in [1.82, 2.24) is 0 Å². The molecule has 0 aliphatic heterocycles. The minimum atomic E-state index is -5.03. The summed E-state index contributed by atoms with van der Waals surface area (Å²) in [4.78, 5) is 10.8. The van der Waals surface area contributed by atoms with Gasteiger partial charge in [0.1, 0.15) is 5.75 Å². The number of hydrogen-bond donors (Lipinski definition) is 0. The van der Waals surface area contributed by atoms with E-state index in [1.54, 1.807) is 0 Å². The van der Waals surface area contributed by atoms with E-state index in [1.165, 1.54) is 0 Å². The predicted octanol–water partition coefficient (Wildman–Crippen LogP) is 3.90. The Kier molecular flexibility index (Phi) is 3.92. The first-order chi connectivity index (χ1) is 7.70. The zero-order valence-corrected chi connectivity index (χ0v) is 8.65. The summed E-state index contributed by atoms with van der Waals surface area (Å²) in [5.74, 6) is -0.915. The van der Waals surface area contributed by atoms with Crippen LogP contribution < -0.4 is 4.74 Å². The van der Waals surface area contributed by atoms with Gasteiger partial charge in [-0.1, -0.05) is 0 Å². The van der Waals surface area contributed by atoms with Gasteiger partial charge in [0.05, 0.1) is 5.56 Å². The lowest BCUT2D eigenvalue weighted by Crippen LogP contribution is -2.18. The molecule has 17 heavy (non-hydrogen) atoms. The van der Waals surface area contributed by atoms with Crippen molar-refractivity contribution in [2.75, 3.05) is 0 Å². The summed E-state index contributed by atoms with van der Waals surface area (Å²) in [5.41, 5.74) is -1.38. The van der Waals surface area contributed by atoms with Gasteiger partial charge in [-0.15, -0.1) is 13.2 Å². The zero-order chi connectivity index (χ0) is 13.2. The van der Waals surface area contributed by atoms with E-state index in [2.05, 4.69) is 4.74 Å². The van der Waals surface area contributed by atoms with Gasteiger partial charge in [-0.3, -0.25) is 4.79 Å². The Balaban J connectivity index is 3.18. The van der Waals surface area contributed by atoms with E-state index >= 15 is 0 Å². The number of ether oxygens (including phenoxy) is 1. The van der Waals surface area contributed by atoms with E-state index in [0.29, 0.717) is 12.1 Å². The molecule has 94 valence electrons. The first-order valence-electron chi connectivity index (χ1n) is 4.08. The number of halogens is 6. The number of hydrogen-bond acceptors (Lipinski definition) is 2. The average molecular weight is 275 g/mol. The molecule has 8 heteroatoms. The highest BCUT2D eigenvalue weighted by Gasteiger charge is 2.33. The van der Waals surface area contributed by atoms with E-state index in [1.807, 2.05) is 0 Å². The monoisotopic (exact) mass is 274 g/mol. The smallest absolute Gasteiger partial charge is 0.405 e. The van der Waals surface area contributed by atoms with Crippen molar-refractivity contribution in [3.05, 3.63) is 29.3 Å². The topological polar surface area (TPSA) is 26.3 Å². The maximum absolute atomic E-state index is 12.3. The first kappa shape index (κ1) is 13.7. The van der Waals surface area contributed by atoms with Crippen LogP contribution in [-0.4, -0.2) is 11.6 Å². The Morgan fingerprint density at radius 2 is 1.88 bits per heavy atom. The van der Waals surface area contributed by atoms with E-state index in [4.69, 9.17) is 11.6 Å². The zero-order valence-electron chi connectivity index (χ0n) is 7.89. The number of benzene rings is 1. The molecule has 1 aromatic rings. The van der Waals surface area contributed by atoms with Gasteiger partial charge in [0.25, 0.3) is 11.7 Å². The van der Waals surface area contributed by atoms with E-state index in [-0.39, 0.29) is 0 Å². The number of carbonyl (C=O) groups is 1. The van der Waals surface area contributed by atoms with Crippen molar-refractivity contribution in [3.8, 4) is 5.75 Å². The third-order valence-electron chi connectivity index (χ3n) is 1.69. The minimum absolute atomic E-state index is 0.557. The molecule has 0 atom stereocenters. The van der Waals surface area contributed by atoms with Crippen LogP contribution in [0.5, 0.6) is 5.75 Å². The van der Waals surface area contributed by atoms with Crippen molar-refractivity contribution in [2.24, 2.45) is 0 Å². The molecule has 0 N–H and O–H groups in total. The van der Waals surface area contributed by atoms with Gasteiger partial charge in [-0.05, 0) is 29.8 Å². The molecule has 0 amide bonds. The predicted molar refractivity (Wildman–Crippen MR) is 48.3 cm³/mol. The van der Waals surface area contributed by atoms with E-state index in [0.717, 1.165) is 6.07 Å². The Morgan fingerprint density at radius 1 is 1.29 bits per heavy atom. The highest BCUT2D eigenvalue weighted by molar-refractivity contribution is 6.68. The van der Waals surface area contributed by atoms with Crippen molar-refractivity contribution in [2.45, 2.75) is 12.8 Å². The van der Waals surface area contributed by atoms with Crippen LogP contribution in [0.2, 0.25) is 0 Å². The normalized spacial score (nSPS) is 11.7. The second kappa shape index (κ2) is 4.87. The minimum Gasteiger partial charge on any atom is -0.405 e. The Hall–Kier alpha value is -1.37. The molecule has 1 aromatic carbocycles. The lowest BCUT2D eigenvalue weighted by molar-refractivity contribution is -0.274.